The average Bonchev–Trinajstić information content (AvgIpc) is 3.17. The van der Waals surface area contributed by atoms with Gasteiger partial charge in [0.1, 0.15) is 0 Å². The summed E-state index contributed by atoms with van der Waals surface area (Å²) in [6.45, 7) is 9.56. The summed E-state index contributed by atoms with van der Waals surface area (Å²) >= 11 is 0. The highest BCUT2D eigenvalue weighted by Gasteiger charge is 2.28. The molecule has 1 saturated heterocycles. The lowest BCUT2D eigenvalue weighted by atomic mass is 10.1. The average molecular weight is 467 g/mol. The minimum Gasteiger partial charge on any atom is -0.368 e. The van der Waals surface area contributed by atoms with E-state index in [1.165, 1.54) is 4.52 Å². The Hall–Kier alpha value is -3.24. The Morgan fingerprint density at radius 1 is 1.03 bits per heavy atom. The summed E-state index contributed by atoms with van der Waals surface area (Å²) < 4.78 is 28.3. The van der Waals surface area contributed by atoms with Crippen molar-refractivity contribution < 1.29 is 8.42 Å². The Morgan fingerprint density at radius 2 is 1.76 bits per heavy atom. The number of nitrogens with zero attached hydrogens (tertiary/aromatic N) is 4. The van der Waals surface area contributed by atoms with Crippen LogP contribution in [0.4, 0.5) is 5.69 Å². The van der Waals surface area contributed by atoms with E-state index in [-0.39, 0.29) is 21.1 Å². The van der Waals surface area contributed by atoms with Gasteiger partial charge in [-0.3, -0.25) is 4.79 Å². The standard InChI is InChI=1S/C23H26N6O3S/c1-13-5-8-20(14(2)9-13)33(31,32)23-21-25-22(30)18-7-6-17(10-19(18)29(21)27-26-23)28-11-15(3)24-16(4)12-28/h5-10,15-16,24H,11-12H2,1-4H3,(H,25,30)/t15-,16+. The first-order valence-electron chi connectivity index (χ1n) is 10.9. The molecule has 0 amide bonds. The van der Waals surface area contributed by atoms with Crippen LogP contribution >= 0.6 is 0 Å². The highest BCUT2D eigenvalue weighted by Crippen LogP contribution is 2.27. The zero-order chi connectivity index (χ0) is 23.5. The second-order valence-corrected chi connectivity index (χ2v) is 10.8. The smallest absolute Gasteiger partial charge is 0.259 e. The van der Waals surface area contributed by atoms with Crippen LogP contribution in [0.3, 0.4) is 0 Å². The van der Waals surface area contributed by atoms with E-state index < -0.39 is 9.84 Å². The topological polar surface area (TPSA) is 112 Å². The second-order valence-electron chi connectivity index (χ2n) is 8.96. The molecule has 9 nitrogen and oxygen atoms in total. The first-order chi connectivity index (χ1) is 15.6. The maximum atomic E-state index is 13.4. The lowest BCUT2D eigenvalue weighted by Gasteiger charge is -2.37. The van der Waals surface area contributed by atoms with Gasteiger partial charge in [0.15, 0.2) is 5.65 Å². The second kappa shape index (κ2) is 7.67. The molecule has 172 valence electrons. The van der Waals surface area contributed by atoms with E-state index in [0.29, 0.717) is 28.6 Å². The largest absolute Gasteiger partial charge is 0.368 e. The van der Waals surface area contributed by atoms with E-state index in [1.807, 2.05) is 19.1 Å². The van der Waals surface area contributed by atoms with Crippen LogP contribution in [-0.2, 0) is 9.84 Å². The molecule has 0 unspecified atom stereocenters. The molecule has 0 radical (unpaired) electrons. The van der Waals surface area contributed by atoms with E-state index in [2.05, 4.69) is 39.4 Å². The van der Waals surface area contributed by atoms with Crippen LogP contribution in [0, 0.1) is 13.8 Å². The fourth-order valence-electron chi connectivity index (χ4n) is 4.73. The van der Waals surface area contributed by atoms with Gasteiger partial charge >= 0.3 is 0 Å². The highest BCUT2D eigenvalue weighted by atomic mass is 32.2. The number of hydrogen-bond donors (Lipinski definition) is 2. The number of hydrogen-bond acceptors (Lipinski definition) is 7. The first-order valence-corrected chi connectivity index (χ1v) is 12.4. The van der Waals surface area contributed by atoms with Crippen molar-refractivity contribution in [3.05, 3.63) is 57.9 Å². The number of benzene rings is 2. The summed E-state index contributed by atoms with van der Waals surface area (Å²) in [6.07, 6.45) is 0. The van der Waals surface area contributed by atoms with Crippen molar-refractivity contribution in [2.24, 2.45) is 0 Å². The van der Waals surface area contributed by atoms with Crippen LogP contribution in [0.1, 0.15) is 25.0 Å². The zero-order valence-electron chi connectivity index (χ0n) is 19.0. The third-order valence-corrected chi connectivity index (χ3v) is 7.94. The van der Waals surface area contributed by atoms with Crippen molar-refractivity contribution >= 4 is 32.1 Å². The molecule has 1 aliphatic heterocycles. The molecule has 2 aromatic heterocycles. The third-order valence-electron chi connectivity index (χ3n) is 6.12. The van der Waals surface area contributed by atoms with Crippen LogP contribution in [0.25, 0.3) is 16.6 Å². The van der Waals surface area contributed by atoms with E-state index in [9.17, 15) is 13.2 Å². The molecule has 0 saturated carbocycles. The maximum absolute atomic E-state index is 13.4. The van der Waals surface area contributed by atoms with Crippen molar-refractivity contribution in [3.63, 3.8) is 0 Å². The predicted molar refractivity (Wildman–Crippen MR) is 127 cm³/mol. The van der Waals surface area contributed by atoms with Gasteiger partial charge in [0.2, 0.25) is 14.9 Å². The van der Waals surface area contributed by atoms with Crippen LogP contribution in [-0.4, -0.2) is 53.4 Å². The van der Waals surface area contributed by atoms with Crippen molar-refractivity contribution in [3.8, 4) is 0 Å². The molecule has 0 spiro atoms. The number of H-pyrrole nitrogens is 1. The molecule has 0 bridgehead atoms. The third kappa shape index (κ3) is 3.59. The summed E-state index contributed by atoms with van der Waals surface area (Å²) in [4.78, 5) is 17.9. The number of anilines is 1. The SMILES string of the molecule is Cc1ccc(S(=O)(=O)c2nnn3c2[nH]c(=O)c2ccc(N4C[C@@H](C)N[C@@H](C)C4)cc23)c(C)c1. The minimum absolute atomic E-state index is 0.0617. The Bertz CT molecular complexity index is 1550. The van der Waals surface area contributed by atoms with Crippen molar-refractivity contribution in [1.82, 2.24) is 25.1 Å². The fourth-order valence-corrected chi connectivity index (χ4v) is 6.20. The quantitative estimate of drug-likeness (QED) is 0.476. The number of fused-ring (bicyclic) bond motifs is 3. The van der Waals surface area contributed by atoms with Gasteiger partial charge in [0.05, 0.1) is 15.8 Å². The molecule has 2 N–H and O–H groups in total. The van der Waals surface area contributed by atoms with E-state index in [4.69, 9.17) is 0 Å². The lowest BCUT2D eigenvalue weighted by molar-refractivity contribution is 0.407. The van der Waals surface area contributed by atoms with Gasteiger partial charge < -0.3 is 15.2 Å². The normalized spacial score (nSPS) is 19.5. The first kappa shape index (κ1) is 21.6. The van der Waals surface area contributed by atoms with E-state index >= 15 is 0 Å². The van der Waals surface area contributed by atoms with Crippen LogP contribution in [0.5, 0.6) is 0 Å². The Kier molecular flexibility index (Phi) is 5.02. The minimum atomic E-state index is -3.98. The molecule has 5 rings (SSSR count). The Labute approximate surface area is 191 Å². The van der Waals surface area contributed by atoms with Gasteiger partial charge in [0, 0.05) is 30.9 Å². The van der Waals surface area contributed by atoms with E-state index in [1.54, 1.807) is 31.2 Å². The number of sulfone groups is 1. The van der Waals surface area contributed by atoms with Gasteiger partial charge in [-0.05, 0) is 57.5 Å². The molecule has 0 aliphatic carbocycles. The molecule has 2 atom stereocenters. The Balaban J connectivity index is 1.69. The summed E-state index contributed by atoms with van der Waals surface area (Å²) in [7, 11) is -3.98. The summed E-state index contributed by atoms with van der Waals surface area (Å²) in [5, 5.41) is 11.8. The molecule has 3 heterocycles. The van der Waals surface area contributed by atoms with Crippen molar-refractivity contribution in [1.29, 1.82) is 0 Å². The van der Waals surface area contributed by atoms with Crippen LogP contribution in [0.2, 0.25) is 0 Å². The van der Waals surface area contributed by atoms with Crippen molar-refractivity contribution in [2.75, 3.05) is 18.0 Å². The van der Waals surface area contributed by atoms with Gasteiger partial charge in [-0.2, -0.15) is 4.52 Å². The van der Waals surface area contributed by atoms with Crippen molar-refractivity contribution in [2.45, 2.75) is 49.7 Å². The monoisotopic (exact) mass is 466 g/mol. The maximum Gasteiger partial charge on any atom is 0.259 e. The molecule has 1 aliphatic rings. The van der Waals surface area contributed by atoms with Gasteiger partial charge in [-0.1, -0.05) is 22.9 Å². The summed E-state index contributed by atoms with van der Waals surface area (Å²) in [6, 6.07) is 11.3. The van der Waals surface area contributed by atoms with Crippen LogP contribution < -0.4 is 15.8 Å². The lowest BCUT2D eigenvalue weighted by Crippen LogP contribution is -2.54. The van der Waals surface area contributed by atoms with E-state index in [0.717, 1.165) is 24.3 Å². The fraction of sp³-hybridized carbons (Fsp3) is 0.348. The number of rotatable bonds is 3. The number of piperazine rings is 1. The molecule has 1 fully saturated rings. The Morgan fingerprint density at radius 3 is 2.45 bits per heavy atom. The molecule has 10 heteroatoms. The number of aromatic nitrogens is 4. The van der Waals surface area contributed by atoms with Gasteiger partial charge in [-0.15, -0.1) is 5.10 Å². The molecule has 33 heavy (non-hydrogen) atoms. The zero-order valence-corrected chi connectivity index (χ0v) is 19.8. The molecule has 2 aromatic carbocycles. The number of aromatic amines is 1. The predicted octanol–water partition coefficient (Wildman–Crippen LogP) is 2.21. The van der Waals surface area contributed by atoms with Crippen LogP contribution in [0.15, 0.2) is 51.1 Å². The molecule has 4 aromatic rings. The number of aryl methyl sites for hydroxylation is 2. The van der Waals surface area contributed by atoms with Gasteiger partial charge in [-0.25, -0.2) is 8.42 Å². The number of nitrogens with one attached hydrogen (secondary N) is 2. The van der Waals surface area contributed by atoms with Gasteiger partial charge in [0.25, 0.3) is 5.56 Å². The summed E-state index contributed by atoms with van der Waals surface area (Å²) in [5.74, 6) is 0. The highest BCUT2D eigenvalue weighted by molar-refractivity contribution is 7.91. The summed E-state index contributed by atoms with van der Waals surface area (Å²) in [5.41, 5.74) is 2.71. The molecular formula is C23H26N6O3S. The molecular weight excluding hydrogens is 440 g/mol.